The van der Waals surface area contributed by atoms with E-state index in [1.165, 1.54) is 0 Å². The van der Waals surface area contributed by atoms with E-state index in [1.54, 1.807) is 0 Å². The topological polar surface area (TPSA) is 92.8 Å². The van der Waals surface area contributed by atoms with E-state index in [-0.39, 0.29) is 0 Å². The van der Waals surface area contributed by atoms with Gasteiger partial charge in [-0.15, -0.1) is 0 Å². The van der Waals surface area contributed by atoms with Crippen molar-refractivity contribution in [1.82, 2.24) is 0 Å². The maximum absolute atomic E-state index is 13.2. The molecule has 94 valence electrons. The number of ether oxygens (including phenoxy) is 1. The van der Waals surface area contributed by atoms with E-state index in [1.807, 2.05) is 0 Å². The molecule has 5 nitrogen and oxygen atoms in total. The molecule has 0 heterocycles. The molecule has 1 unspecified atom stereocenters. The zero-order valence-electron chi connectivity index (χ0n) is 8.69. The molecule has 4 N–H and O–H groups in total. The second kappa shape index (κ2) is 5.55. The standard InChI is InChI=1S/C10H11F2NO4/c11-7-2-9(13)8(12)1-6(7)10(16)17-4-5(15)3-14/h1-2,5,14-15H,3-4,13H2. The number of carbonyl (C=O) groups is 1. The molecule has 0 bridgehead atoms. The van der Waals surface area contributed by atoms with E-state index in [0.717, 1.165) is 0 Å². The Bertz CT molecular complexity index is 425. The van der Waals surface area contributed by atoms with Gasteiger partial charge in [0.25, 0.3) is 0 Å². The van der Waals surface area contributed by atoms with E-state index in [4.69, 9.17) is 15.9 Å². The number of esters is 1. The second-order valence-corrected chi connectivity index (χ2v) is 3.29. The largest absolute Gasteiger partial charge is 0.459 e. The summed E-state index contributed by atoms with van der Waals surface area (Å²) in [6.07, 6.45) is -1.26. The predicted molar refractivity (Wildman–Crippen MR) is 54.1 cm³/mol. The van der Waals surface area contributed by atoms with Gasteiger partial charge in [0.2, 0.25) is 0 Å². The lowest BCUT2D eigenvalue weighted by Crippen LogP contribution is -2.22. The number of carbonyl (C=O) groups excluding carboxylic acids is 1. The first-order valence-electron chi connectivity index (χ1n) is 4.66. The molecule has 0 aliphatic rings. The molecule has 0 saturated carbocycles. The lowest BCUT2D eigenvalue weighted by molar-refractivity contribution is 0.00896. The fourth-order valence-electron chi connectivity index (χ4n) is 1.02. The lowest BCUT2D eigenvalue weighted by atomic mass is 10.2. The Morgan fingerprint density at radius 1 is 1.41 bits per heavy atom. The summed E-state index contributed by atoms with van der Waals surface area (Å²) in [4.78, 5) is 11.3. The highest BCUT2D eigenvalue weighted by molar-refractivity contribution is 5.90. The summed E-state index contributed by atoms with van der Waals surface area (Å²) in [7, 11) is 0. The van der Waals surface area contributed by atoms with Gasteiger partial charge in [0.1, 0.15) is 24.3 Å². The highest BCUT2D eigenvalue weighted by Gasteiger charge is 2.17. The summed E-state index contributed by atoms with van der Waals surface area (Å²) < 4.78 is 30.7. The summed E-state index contributed by atoms with van der Waals surface area (Å²) in [5.74, 6) is -3.11. The molecular formula is C10H11F2NO4. The predicted octanol–water partition coefficient (Wildman–Crippen LogP) is 0.0570. The van der Waals surface area contributed by atoms with Crippen LogP contribution in [-0.2, 0) is 4.74 Å². The van der Waals surface area contributed by atoms with Gasteiger partial charge in [-0.05, 0) is 6.07 Å². The minimum Gasteiger partial charge on any atom is -0.459 e. The van der Waals surface area contributed by atoms with Crippen LogP contribution in [0.5, 0.6) is 0 Å². The van der Waals surface area contributed by atoms with Crippen molar-refractivity contribution in [2.75, 3.05) is 18.9 Å². The molecule has 1 aromatic rings. The quantitative estimate of drug-likeness (QED) is 0.516. The van der Waals surface area contributed by atoms with Crippen LogP contribution in [0.3, 0.4) is 0 Å². The van der Waals surface area contributed by atoms with Crippen molar-refractivity contribution in [2.24, 2.45) is 0 Å². The maximum Gasteiger partial charge on any atom is 0.341 e. The number of halogens is 2. The Balaban J connectivity index is 2.79. The fraction of sp³-hybridized carbons (Fsp3) is 0.300. The molecule has 1 atom stereocenters. The first-order valence-corrected chi connectivity index (χ1v) is 4.66. The zero-order chi connectivity index (χ0) is 13.0. The summed E-state index contributed by atoms with van der Waals surface area (Å²) in [6, 6.07) is 1.27. The number of hydrogen-bond donors (Lipinski definition) is 3. The number of benzene rings is 1. The monoisotopic (exact) mass is 247 g/mol. The SMILES string of the molecule is Nc1cc(F)c(C(=O)OCC(O)CO)cc1F. The van der Waals surface area contributed by atoms with Crippen molar-refractivity contribution in [3.63, 3.8) is 0 Å². The number of nitrogens with two attached hydrogens (primary N) is 1. The van der Waals surface area contributed by atoms with E-state index < -0.39 is 48.2 Å². The van der Waals surface area contributed by atoms with Crippen LogP contribution >= 0.6 is 0 Å². The molecule has 1 aromatic carbocycles. The summed E-state index contributed by atoms with van der Waals surface area (Å²) in [6.45, 7) is -1.12. The lowest BCUT2D eigenvalue weighted by Gasteiger charge is -2.09. The number of aliphatic hydroxyl groups is 2. The van der Waals surface area contributed by atoms with Gasteiger partial charge in [-0.25, -0.2) is 13.6 Å². The van der Waals surface area contributed by atoms with Gasteiger partial charge in [0, 0.05) is 6.07 Å². The van der Waals surface area contributed by atoms with Crippen LogP contribution in [0.15, 0.2) is 12.1 Å². The second-order valence-electron chi connectivity index (χ2n) is 3.29. The maximum atomic E-state index is 13.2. The fourth-order valence-corrected chi connectivity index (χ4v) is 1.02. The minimum absolute atomic E-state index is 0.422. The molecular weight excluding hydrogens is 236 g/mol. The van der Waals surface area contributed by atoms with Crippen LogP contribution in [-0.4, -0.2) is 35.5 Å². The van der Waals surface area contributed by atoms with E-state index >= 15 is 0 Å². The zero-order valence-corrected chi connectivity index (χ0v) is 8.69. The van der Waals surface area contributed by atoms with Crippen LogP contribution in [0, 0.1) is 11.6 Å². The highest BCUT2D eigenvalue weighted by atomic mass is 19.1. The molecule has 0 amide bonds. The highest BCUT2D eigenvalue weighted by Crippen LogP contribution is 2.17. The Morgan fingerprint density at radius 3 is 2.65 bits per heavy atom. The van der Waals surface area contributed by atoms with Gasteiger partial charge in [-0.2, -0.15) is 0 Å². The molecule has 0 spiro atoms. The van der Waals surface area contributed by atoms with Gasteiger partial charge in [-0.1, -0.05) is 0 Å². The van der Waals surface area contributed by atoms with Gasteiger partial charge in [0.15, 0.2) is 0 Å². The first kappa shape index (κ1) is 13.3. The third kappa shape index (κ3) is 3.36. The average Bonchev–Trinajstić information content (AvgIpc) is 2.30. The molecule has 7 heteroatoms. The number of aliphatic hydroxyl groups excluding tert-OH is 2. The molecule has 0 aliphatic carbocycles. The first-order chi connectivity index (χ1) is 7.95. The minimum atomic E-state index is -1.26. The molecule has 1 rings (SSSR count). The van der Waals surface area contributed by atoms with Crippen molar-refractivity contribution < 1.29 is 28.5 Å². The molecule has 0 aromatic heterocycles. The van der Waals surface area contributed by atoms with Crippen molar-refractivity contribution in [3.8, 4) is 0 Å². The number of nitrogen functional groups attached to an aromatic ring is 1. The summed E-state index contributed by atoms with van der Waals surface area (Å²) in [5.41, 5.74) is 4.05. The average molecular weight is 247 g/mol. The molecule has 0 radical (unpaired) electrons. The van der Waals surface area contributed by atoms with Crippen molar-refractivity contribution >= 4 is 11.7 Å². The van der Waals surface area contributed by atoms with Gasteiger partial charge in [-0.3, -0.25) is 0 Å². The van der Waals surface area contributed by atoms with Crippen LogP contribution in [0.4, 0.5) is 14.5 Å². The molecule has 0 aliphatic heterocycles. The Kier molecular flexibility index (Phi) is 4.36. The third-order valence-corrected chi connectivity index (χ3v) is 1.92. The van der Waals surface area contributed by atoms with Gasteiger partial charge in [0.05, 0.1) is 17.9 Å². The molecule has 0 saturated heterocycles. The number of rotatable bonds is 4. The summed E-state index contributed by atoms with van der Waals surface area (Å²) in [5, 5.41) is 17.4. The smallest absolute Gasteiger partial charge is 0.341 e. The molecule has 17 heavy (non-hydrogen) atoms. The van der Waals surface area contributed by atoms with Crippen LogP contribution in [0.2, 0.25) is 0 Å². The van der Waals surface area contributed by atoms with E-state index in [2.05, 4.69) is 4.74 Å². The van der Waals surface area contributed by atoms with E-state index in [0.29, 0.717) is 12.1 Å². The normalized spacial score (nSPS) is 12.2. The van der Waals surface area contributed by atoms with Crippen LogP contribution in [0.1, 0.15) is 10.4 Å². The Morgan fingerprint density at radius 2 is 2.06 bits per heavy atom. The van der Waals surface area contributed by atoms with Gasteiger partial charge >= 0.3 is 5.97 Å². The van der Waals surface area contributed by atoms with Crippen LogP contribution in [0.25, 0.3) is 0 Å². The summed E-state index contributed by atoms with van der Waals surface area (Å²) >= 11 is 0. The van der Waals surface area contributed by atoms with E-state index in [9.17, 15) is 13.6 Å². The number of hydrogen-bond acceptors (Lipinski definition) is 5. The number of anilines is 1. The Hall–Kier alpha value is -1.73. The van der Waals surface area contributed by atoms with Crippen LogP contribution < -0.4 is 5.73 Å². The van der Waals surface area contributed by atoms with Gasteiger partial charge < -0.3 is 20.7 Å². The van der Waals surface area contributed by atoms with Crippen molar-refractivity contribution in [1.29, 1.82) is 0 Å². The Labute approximate surface area is 95.4 Å². The third-order valence-electron chi connectivity index (χ3n) is 1.92. The van der Waals surface area contributed by atoms with Crippen molar-refractivity contribution in [3.05, 3.63) is 29.3 Å². The van der Waals surface area contributed by atoms with Crippen molar-refractivity contribution in [2.45, 2.75) is 6.10 Å². The molecule has 0 fully saturated rings.